The Morgan fingerprint density at radius 1 is 1.38 bits per heavy atom. The van der Waals surface area contributed by atoms with Gasteiger partial charge in [-0.05, 0) is 30.2 Å². The van der Waals surface area contributed by atoms with Crippen molar-refractivity contribution in [3.8, 4) is 6.07 Å². The van der Waals surface area contributed by atoms with Gasteiger partial charge in [-0.2, -0.15) is 5.26 Å². The number of sulfone groups is 1. The average molecular weight is 308 g/mol. The fraction of sp³-hybridized carbons (Fsp3) is 0.286. The zero-order valence-electron chi connectivity index (χ0n) is 11.0. The summed E-state index contributed by atoms with van der Waals surface area (Å²) in [5, 5.41) is 11.6. The minimum Gasteiger partial charge on any atom is -0.348 e. The summed E-state index contributed by atoms with van der Waals surface area (Å²) in [6, 6.07) is 6.64. The van der Waals surface area contributed by atoms with Gasteiger partial charge in [0.15, 0.2) is 9.84 Å². The maximum absolute atomic E-state index is 12.8. The highest BCUT2D eigenvalue weighted by Gasteiger charge is 2.29. The third-order valence-corrected chi connectivity index (χ3v) is 4.88. The molecule has 0 unspecified atom stereocenters. The summed E-state index contributed by atoms with van der Waals surface area (Å²) in [6.45, 7) is 0. The van der Waals surface area contributed by atoms with Gasteiger partial charge in [0.05, 0.1) is 11.5 Å². The predicted octanol–water partition coefficient (Wildman–Crippen LogP) is 1.04. The van der Waals surface area contributed by atoms with Gasteiger partial charge >= 0.3 is 0 Å². The molecule has 0 bridgehead atoms. The molecule has 5 nitrogen and oxygen atoms in total. The molecule has 2 rings (SSSR count). The summed E-state index contributed by atoms with van der Waals surface area (Å²) >= 11 is 0. The van der Waals surface area contributed by atoms with Crippen molar-refractivity contribution in [3.63, 3.8) is 0 Å². The van der Waals surface area contributed by atoms with Crippen molar-refractivity contribution in [1.82, 2.24) is 5.32 Å². The molecule has 0 spiro atoms. The lowest BCUT2D eigenvalue weighted by atomic mass is 10.1. The number of nitrogens with one attached hydrogen (secondary N) is 1. The first-order valence-corrected chi connectivity index (χ1v) is 8.10. The third kappa shape index (κ3) is 4.13. The van der Waals surface area contributed by atoms with E-state index in [4.69, 9.17) is 5.26 Å². The Morgan fingerprint density at radius 3 is 2.57 bits per heavy atom. The molecular weight excluding hydrogens is 295 g/mol. The van der Waals surface area contributed by atoms with Crippen LogP contribution in [-0.4, -0.2) is 31.9 Å². The summed E-state index contributed by atoms with van der Waals surface area (Å²) < 4.78 is 35.4. The van der Waals surface area contributed by atoms with Gasteiger partial charge < -0.3 is 5.32 Å². The quantitative estimate of drug-likeness (QED) is 0.667. The van der Waals surface area contributed by atoms with Gasteiger partial charge in [0.25, 0.3) is 5.91 Å². The second kappa shape index (κ2) is 6.06. The van der Waals surface area contributed by atoms with Crippen LogP contribution in [-0.2, 0) is 14.6 Å². The molecule has 0 aliphatic carbocycles. The number of nitriles is 1. The molecule has 0 radical (unpaired) electrons. The van der Waals surface area contributed by atoms with Crippen molar-refractivity contribution in [2.45, 2.75) is 12.5 Å². The van der Waals surface area contributed by atoms with Crippen LogP contribution in [0.25, 0.3) is 6.08 Å². The number of amides is 1. The van der Waals surface area contributed by atoms with E-state index in [-0.39, 0.29) is 17.1 Å². The molecule has 1 heterocycles. The highest BCUT2D eigenvalue weighted by atomic mass is 32.2. The number of carbonyl (C=O) groups is 1. The maximum atomic E-state index is 12.8. The Morgan fingerprint density at radius 2 is 2.05 bits per heavy atom. The molecule has 1 saturated heterocycles. The van der Waals surface area contributed by atoms with Crippen LogP contribution in [0.5, 0.6) is 0 Å². The van der Waals surface area contributed by atoms with Gasteiger partial charge in [-0.3, -0.25) is 4.79 Å². The van der Waals surface area contributed by atoms with Crippen LogP contribution < -0.4 is 5.32 Å². The minimum atomic E-state index is -3.10. The first-order valence-electron chi connectivity index (χ1n) is 6.28. The number of halogens is 1. The third-order valence-electron chi connectivity index (χ3n) is 3.11. The molecule has 1 aliphatic rings. The Bertz CT molecular complexity index is 718. The van der Waals surface area contributed by atoms with E-state index >= 15 is 0 Å². The van der Waals surface area contributed by atoms with Gasteiger partial charge in [0.2, 0.25) is 0 Å². The molecule has 21 heavy (non-hydrogen) atoms. The topological polar surface area (TPSA) is 87.0 Å². The van der Waals surface area contributed by atoms with E-state index in [2.05, 4.69) is 5.32 Å². The van der Waals surface area contributed by atoms with Crippen LogP contribution in [0, 0.1) is 17.1 Å². The average Bonchev–Trinajstić information content (AvgIpc) is 2.77. The summed E-state index contributed by atoms with van der Waals surface area (Å²) in [5.74, 6) is -1.09. The van der Waals surface area contributed by atoms with E-state index in [1.54, 1.807) is 6.07 Å². The van der Waals surface area contributed by atoms with E-state index in [9.17, 15) is 17.6 Å². The summed E-state index contributed by atoms with van der Waals surface area (Å²) in [5.41, 5.74) is 0.369. The van der Waals surface area contributed by atoms with Crippen LogP contribution in [0.3, 0.4) is 0 Å². The van der Waals surface area contributed by atoms with Gasteiger partial charge in [0.1, 0.15) is 17.5 Å². The molecule has 0 aromatic heterocycles. The number of hydrogen-bond acceptors (Lipinski definition) is 4. The number of nitrogens with zero attached hydrogens (tertiary/aromatic N) is 1. The zero-order valence-corrected chi connectivity index (χ0v) is 11.9. The number of benzene rings is 1. The predicted molar refractivity (Wildman–Crippen MR) is 75.2 cm³/mol. The van der Waals surface area contributed by atoms with Crippen LogP contribution in [0.4, 0.5) is 4.39 Å². The van der Waals surface area contributed by atoms with Crippen LogP contribution in [0.1, 0.15) is 12.0 Å². The number of rotatable bonds is 3. The first kappa shape index (κ1) is 15.2. The van der Waals surface area contributed by atoms with Crippen molar-refractivity contribution < 1.29 is 17.6 Å². The SMILES string of the molecule is N#C/C(=C\c1ccc(F)cc1)C(=O)N[C@H]1CCS(=O)(=O)C1. The molecule has 1 fully saturated rings. The van der Waals surface area contributed by atoms with E-state index in [0.29, 0.717) is 12.0 Å². The lowest BCUT2D eigenvalue weighted by molar-refractivity contribution is -0.117. The van der Waals surface area contributed by atoms with E-state index in [1.165, 1.54) is 30.3 Å². The van der Waals surface area contributed by atoms with Crippen LogP contribution in [0.2, 0.25) is 0 Å². The van der Waals surface area contributed by atoms with Crippen molar-refractivity contribution in [2.75, 3.05) is 11.5 Å². The lowest BCUT2D eigenvalue weighted by Gasteiger charge is -2.09. The summed E-state index contributed by atoms with van der Waals surface area (Å²) in [7, 11) is -3.10. The van der Waals surface area contributed by atoms with Gasteiger partial charge in [-0.25, -0.2) is 12.8 Å². The summed E-state index contributed by atoms with van der Waals surface area (Å²) in [4.78, 5) is 11.9. The van der Waals surface area contributed by atoms with Crippen molar-refractivity contribution in [3.05, 3.63) is 41.2 Å². The van der Waals surface area contributed by atoms with Crippen molar-refractivity contribution in [1.29, 1.82) is 5.26 Å². The first-order chi connectivity index (χ1) is 9.89. The van der Waals surface area contributed by atoms with E-state index in [0.717, 1.165) is 0 Å². The fourth-order valence-corrected chi connectivity index (χ4v) is 3.72. The molecule has 1 aliphatic heterocycles. The normalized spacial score (nSPS) is 20.8. The molecule has 1 aromatic carbocycles. The highest BCUT2D eigenvalue weighted by molar-refractivity contribution is 7.91. The molecule has 7 heteroatoms. The Hall–Kier alpha value is -2.20. The molecule has 1 aromatic rings. The maximum Gasteiger partial charge on any atom is 0.262 e. The molecule has 1 amide bonds. The van der Waals surface area contributed by atoms with Gasteiger partial charge in [-0.1, -0.05) is 12.1 Å². The van der Waals surface area contributed by atoms with Gasteiger partial charge in [-0.15, -0.1) is 0 Å². The molecule has 1 N–H and O–H groups in total. The standard InChI is InChI=1S/C14H13FN2O3S/c15-12-3-1-10(2-4-12)7-11(8-16)14(18)17-13-5-6-21(19,20)9-13/h1-4,7,13H,5-6,9H2,(H,17,18)/b11-7+/t13-/m0/s1. The van der Waals surface area contributed by atoms with E-state index in [1.807, 2.05) is 0 Å². The van der Waals surface area contributed by atoms with Gasteiger partial charge in [0, 0.05) is 6.04 Å². The fourth-order valence-electron chi connectivity index (χ4n) is 2.05. The zero-order chi connectivity index (χ0) is 15.5. The largest absolute Gasteiger partial charge is 0.348 e. The molecule has 0 saturated carbocycles. The Kier molecular flexibility index (Phi) is 4.38. The van der Waals surface area contributed by atoms with E-state index < -0.39 is 27.6 Å². The Labute approximate surface area is 122 Å². The molecular formula is C14H13FN2O3S. The monoisotopic (exact) mass is 308 g/mol. The highest BCUT2D eigenvalue weighted by Crippen LogP contribution is 2.13. The second-order valence-electron chi connectivity index (χ2n) is 4.79. The minimum absolute atomic E-state index is 0.0432. The Balaban J connectivity index is 2.09. The summed E-state index contributed by atoms with van der Waals surface area (Å²) in [6.07, 6.45) is 1.68. The van der Waals surface area contributed by atoms with Crippen LogP contribution in [0.15, 0.2) is 29.8 Å². The number of hydrogen-bond donors (Lipinski definition) is 1. The van der Waals surface area contributed by atoms with Crippen molar-refractivity contribution >= 4 is 21.8 Å². The smallest absolute Gasteiger partial charge is 0.262 e. The lowest BCUT2D eigenvalue weighted by Crippen LogP contribution is -2.36. The second-order valence-corrected chi connectivity index (χ2v) is 7.02. The molecule has 1 atom stereocenters. The van der Waals surface area contributed by atoms with Crippen molar-refractivity contribution in [2.24, 2.45) is 0 Å². The van der Waals surface area contributed by atoms with Crippen LogP contribution >= 0.6 is 0 Å². The molecule has 110 valence electrons. The number of carbonyl (C=O) groups excluding carboxylic acids is 1.